The summed E-state index contributed by atoms with van der Waals surface area (Å²) in [6.07, 6.45) is 2.32. The molecule has 0 amide bonds. The lowest BCUT2D eigenvalue weighted by molar-refractivity contribution is 0.103. The molecule has 0 aliphatic heterocycles. The fourth-order valence-electron chi connectivity index (χ4n) is 3.01. The van der Waals surface area contributed by atoms with E-state index in [2.05, 4.69) is 15.2 Å². The van der Waals surface area contributed by atoms with Gasteiger partial charge in [0.2, 0.25) is 15.8 Å². The van der Waals surface area contributed by atoms with E-state index in [4.69, 9.17) is 11.6 Å². The first-order valence-corrected chi connectivity index (χ1v) is 11.0. The van der Waals surface area contributed by atoms with Gasteiger partial charge in [-0.15, -0.1) is 0 Å². The average Bonchev–Trinajstić information content (AvgIpc) is 3.14. The Morgan fingerprint density at radius 3 is 2.48 bits per heavy atom. The number of H-pyrrole nitrogens is 1. The summed E-state index contributed by atoms with van der Waals surface area (Å²) in [7, 11) is -3.97. The van der Waals surface area contributed by atoms with Gasteiger partial charge in [-0.05, 0) is 35.9 Å². The van der Waals surface area contributed by atoms with Crippen LogP contribution in [-0.4, -0.2) is 35.6 Å². The second kappa shape index (κ2) is 7.71. The van der Waals surface area contributed by atoms with Crippen LogP contribution in [0.25, 0.3) is 22.2 Å². The van der Waals surface area contributed by atoms with Crippen molar-refractivity contribution < 1.29 is 22.0 Å². The Hall–Kier alpha value is -3.37. The SMILES string of the molecule is CS(=O)(=O)Nc1c(F)ccc(C(=O)c2n[nH]c3ncc(-c4ccc(Cl)cc4)cc23)c1F. The van der Waals surface area contributed by atoms with Crippen LogP contribution in [0.15, 0.2) is 48.7 Å². The smallest absolute Gasteiger partial charge is 0.230 e. The summed E-state index contributed by atoms with van der Waals surface area (Å²) in [4.78, 5) is 17.2. The molecule has 2 N–H and O–H groups in total. The molecule has 158 valence electrons. The van der Waals surface area contributed by atoms with E-state index >= 15 is 0 Å². The second-order valence-corrected chi connectivity index (χ2v) is 8.87. The van der Waals surface area contributed by atoms with Crippen LogP contribution in [0.4, 0.5) is 14.5 Å². The van der Waals surface area contributed by atoms with E-state index in [0.29, 0.717) is 16.0 Å². The monoisotopic (exact) mass is 462 g/mol. The van der Waals surface area contributed by atoms with Crippen LogP contribution in [0.1, 0.15) is 16.1 Å². The molecule has 2 heterocycles. The number of ketones is 1. The Balaban J connectivity index is 1.80. The van der Waals surface area contributed by atoms with Crippen molar-refractivity contribution in [1.82, 2.24) is 15.2 Å². The summed E-state index contributed by atoms with van der Waals surface area (Å²) in [5.41, 5.74) is 0.114. The highest BCUT2D eigenvalue weighted by atomic mass is 35.5. The molecule has 4 aromatic rings. The van der Waals surface area contributed by atoms with Gasteiger partial charge >= 0.3 is 0 Å². The molecule has 0 spiro atoms. The van der Waals surface area contributed by atoms with Gasteiger partial charge < -0.3 is 0 Å². The fourth-order valence-corrected chi connectivity index (χ4v) is 3.70. The number of hydrogen-bond donors (Lipinski definition) is 2. The van der Waals surface area contributed by atoms with Gasteiger partial charge in [-0.25, -0.2) is 22.2 Å². The third-order valence-corrected chi connectivity index (χ3v) is 5.26. The number of fused-ring (bicyclic) bond motifs is 1. The van der Waals surface area contributed by atoms with Gasteiger partial charge in [0, 0.05) is 16.8 Å². The number of nitrogens with one attached hydrogen (secondary N) is 2. The summed E-state index contributed by atoms with van der Waals surface area (Å²) in [6.45, 7) is 0. The Kier molecular flexibility index (Phi) is 5.19. The van der Waals surface area contributed by atoms with Crippen LogP contribution < -0.4 is 4.72 Å². The number of anilines is 1. The molecule has 0 aliphatic carbocycles. The van der Waals surface area contributed by atoms with Crippen LogP contribution in [0.5, 0.6) is 0 Å². The standard InChI is InChI=1S/C20H13ClF2N4O3S/c1-31(29,30)27-18-15(22)7-6-13(16(18)23)19(28)17-14-8-11(9-24-20(14)26-25-17)10-2-4-12(21)5-3-10/h2-9,27H,1H3,(H,24,25,26). The van der Waals surface area contributed by atoms with Crippen molar-refractivity contribution in [2.75, 3.05) is 11.0 Å². The summed E-state index contributed by atoms with van der Waals surface area (Å²) in [5.74, 6) is -3.36. The number of sulfonamides is 1. The van der Waals surface area contributed by atoms with Gasteiger partial charge in [0.15, 0.2) is 11.5 Å². The Morgan fingerprint density at radius 2 is 1.81 bits per heavy atom. The van der Waals surface area contributed by atoms with Crippen molar-refractivity contribution in [3.05, 3.63) is 76.6 Å². The minimum Gasteiger partial charge on any atom is -0.287 e. The third kappa shape index (κ3) is 4.12. The lowest BCUT2D eigenvalue weighted by Gasteiger charge is -2.09. The molecule has 4 rings (SSSR count). The number of hydrogen-bond acceptors (Lipinski definition) is 5. The van der Waals surface area contributed by atoms with Crippen LogP contribution >= 0.6 is 11.6 Å². The number of carbonyl (C=O) groups excluding carboxylic acids is 1. The molecule has 0 aliphatic rings. The number of nitrogens with zero attached hydrogens (tertiary/aromatic N) is 2. The average molecular weight is 463 g/mol. The number of rotatable bonds is 5. The van der Waals surface area contributed by atoms with E-state index in [9.17, 15) is 22.0 Å². The van der Waals surface area contributed by atoms with Crippen LogP contribution in [-0.2, 0) is 10.0 Å². The summed E-state index contributed by atoms with van der Waals surface area (Å²) < 4.78 is 53.4. The Labute approximate surface area is 180 Å². The predicted octanol–water partition coefficient (Wildman–Crippen LogP) is 4.16. The first kappa shape index (κ1) is 20.9. The van der Waals surface area contributed by atoms with Gasteiger partial charge in [-0.3, -0.25) is 14.6 Å². The van der Waals surface area contributed by atoms with Gasteiger partial charge in [0.05, 0.1) is 17.2 Å². The molecule has 0 unspecified atom stereocenters. The zero-order valence-electron chi connectivity index (χ0n) is 15.8. The summed E-state index contributed by atoms with van der Waals surface area (Å²) in [6, 6.07) is 10.3. The highest BCUT2D eigenvalue weighted by molar-refractivity contribution is 7.92. The molecule has 2 aromatic carbocycles. The predicted molar refractivity (Wildman–Crippen MR) is 113 cm³/mol. The minimum atomic E-state index is -3.97. The number of aromatic amines is 1. The third-order valence-electron chi connectivity index (χ3n) is 4.43. The highest BCUT2D eigenvalue weighted by Gasteiger charge is 2.25. The molecule has 31 heavy (non-hydrogen) atoms. The maximum Gasteiger partial charge on any atom is 0.230 e. The molecule has 0 fully saturated rings. The molecule has 0 bridgehead atoms. The zero-order valence-corrected chi connectivity index (χ0v) is 17.4. The first-order chi connectivity index (χ1) is 14.6. The second-order valence-electron chi connectivity index (χ2n) is 6.69. The van der Waals surface area contributed by atoms with Gasteiger partial charge in [-0.2, -0.15) is 5.10 Å². The maximum atomic E-state index is 14.8. The van der Waals surface area contributed by atoms with Crippen LogP contribution in [0.3, 0.4) is 0 Å². The van der Waals surface area contributed by atoms with Crippen molar-refractivity contribution in [1.29, 1.82) is 0 Å². The number of benzene rings is 2. The van der Waals surface area contributed by atoms with E-state index < -0.39 is 38.7 Å². The Morgan fingerprint density at radius 1 is 1.10 bits per heavy atom. The first-order valence-electron chi connectivity index (χ1n) is 8.74. The quantitative estimate of drug-likeness (QED) is 0.433. The normalized spacial score (nSPS) is 11.6. The molecule has 0 saturated carbocycles. The van der Waals surface area contributed by atoms with Crippen molar-refractivity contribution >= 4 is 44.1 Å². The van der Waals surface area contributed by atoms with E-state index in [1.54, 1.807) is 41.3 Å². The molecule has 0 saturated heterocycles. The number of aromatic nitrogens is 3. The molecular weight excluding hydrogens is 450 g/mol. The molecule has 7 nitrogen and oxygen atoms in total. The lowest BCUT2D eigenvalue weighted by atomic mass is 10.0. The molecule has 2 aromatic heterocycles. The largest absolute Gasteiger partial charge is 0.287 e. The number of carbonyl (C=O) groups is 1. The van der Waals surface area contributed by atoms with Gasteiger partial charge in [0.1, 0.15) is 17.2 Å². The fraction of sp³-hybridized carbons (Fsp3) is 0.0500. The van der Waals surface area contributed by atoms with E-state index in [-0.39, 0.29) is 11.3 Å². The van der Waals surface area contributed by atoms with Gasteiger partial charge in [-0.1, -0.05) is 23.7 Å². The van der Waals surface area contributed by atoms with E-state index in [1.165, 1.54) is 0 Å². The van der Waals surface area contributed by atoms with E-state index in [0.717, 1.165) is 24.0 Å². The highest BCUT2D eigenvalue weighted by Crippen LogP contribution is 2.28. The van der Waals surface area contributed by atoms with Crippen molar-refractivity contribution in [2.45, 2.75) is 0 Å². The number of halogens is 3. The number of pyridine rings is 1. The molecule has 0 radical (unpaired) electrons. The van der Waals surface area contributed by atoms with Crippen molar-refractivity contribution in [3.8, 4) is 11.1 Å². The zero-order chi connectivity index (χ0) is 22.3. The minimum absolute atomic E-state index is 0.144. The molecular formula is C20H13ClF2N4O3S. The molecule has 0 atom stereocenters. The van der Waals surface area contributed by atoms with Crippen LogP contribution in [0.2, 0.25) is 5.02 Å². The van der Waals surface area contributed by atoms with Crippen molar-refractivity contribution in [3.63, 3.8) is 0 Å². The maximum absolute atomic E-state index is 14.8. The van der Waals surface area contributed by atoms with Gasteiger partial charge in [0.25, 0.3) is 0 Å². The van der Waals surface area contributed by atoms with E-state index in [1.807, 2.05) is 0 Å². The van der Waals surface area contributed by atoms with Crippen LogP contribution in [0, 0.1) is 11.6 Å². The molecule has 11 heteroatoms. The lowest BCUT2D eigenvalue weighted by Crippen LogP contribution is -2.15. The summed E-state index contributed by atoms with van der Waals surface area (Å²) >= 11 is 5.91. The van der Waals surface area contributed by atoms with Crippen molar-refractivity contribution in [2.24, 2.45) is 0 Å². The Bertz CT molecular complexity index is 1440. The topological polar surface area (TPSA) is 105 Å². The summed E-state index contributed by atoms with van der Waals surface area (Å²) in [5, 5.41) is 7.41.